The van der Waals surface area contributed by atoms with Gasteiger partial charge in [0.25, 0.3) is 8.32 Å². The van der Waals surface area contributed by atoms with E-state index in [9.17, 15) is 0 Å². The summed E-state index contributed by atoms with van der Waals surface area (Å²) < 4.78 is 9.44. The van der Waals surface area contributed by atoms with Crippen LogP contribution in [0.15, 0.2) is 97.3 Å². The second-order valence-electron chi connectivity index (χ2n) is 11.9. The van der Waals surface area contributed by atoms with Gasteiger partial charge in [-0.1, -0.05) is 87.5 Å². The van der Waals surface area contributed by atoms with Gasteiger partial charge in [-0.2, -0.15) is 0 Å². The molecular weight excluding hydrogens is 524 g/mol. The van der Waals surface area contributed by atoms with Crippen molar-refractivity contribution in [2.45, 2.75) is 51.3 Å². The van der Waals surface area contributed by atoms with Crippen LogP contribution in [0.2, 0.25) is 5.04 Å². The number of fused-ring (bicyclic) bond motifs is 1. The Labute approximate surface area is 243 Å². The molecule has 2 atom stereocenters. The molecule has 3 aromatic heterocycles. The highest BCUT2D eigenvalue weighted by Crippen LogP contribution is 2.38. The highest BCUT2D eigenvalue weighted by Gasteiger charge is 2.52. The number of aromatic nitrogens is 4. The summed E-state index contributed by atoms with van der Waals surface area (Å²) in [5.74, 6) is 0.588. The van der Waals surface area contributed by atoms with Crippen molar-refractivity contribution >= 4 is 30.2 Å². The van der Waals surface area contributed by atoms with Gasteiger partial charge in [-0.05, 0) is 59.1 Å². The van der Waals surface area contributed by atoms with Crippen LogP contribution in [0.5, 0.6) is 0 Å². The van der Waals surface area contributed by atoms with Crippen molar-refractivity contribution in [2.75, 3.05) is 18.4 Å². The summed E-state index contributed by atoms with van der Waals surface area (Å²) in [6.07, 6.45) is 4.59. The van der Waals surface area contributed by atoms with E-state index in [-0.39, 0.29) is 17.2 Å². The molecule has 1 aliphatic rings. The van der Waals surface area contributed by atoms with Crippen LogP contribution < -0.4 is 21.0 Å². The molecule has 0 aliphatic carbocycles. The molecule has 0 bridgehead atoms. The zero-order chi connectivity index (χ0) is 28.5. The van der Waals surface area contributed by atoms with Crippen LogP contribution in [-0.2, 0) is 4.43 Å². The molecule has 0 amide bonds. The number of anilines is 1. The molecule has 1 saturated heterocycles. The second kappa shape index (κ2) is 11.2. The maximum Gasteiger partial charge on any atom is 0.261 e. The lowest BCUT2D eigenvalue weighted by molar-refractivity contribution is 0.141. The highest BCUT2D eigenvalue weighted by atomic mass is 28.4. The fourth-order valence-corrected chi connectivity index (χ4v) is 10.7. The smallest absolute Gasteiger partial charge is 0.261 e. The Bertz CT molecular complexity index is 1560. The van der Waals surface area contributed by atoms with Gasteiger partial charge >= 0.3 is 0 Å². The first-order valence-corrected chi connectivity index (χ1v) is 16.3. The molecule has 210 valence electrons. The largest absolute Gasteiger partial charge is 0.401 e. The van der Waals surface area contributed by atoms with Crippen molar-refractivity contribution in [3.63, 3.8) is 0 Å². The van der Waals surface area contributed by atoms with Gasteiger partial charge in [0.05, 0.1) is 35.2 Å². The van der Waals surface area contributed by atoms with Crippen molar-refractivity contribution in [3.8, 4) is 11.4 Å². The van der Waals surface area contributed by atoms with E-state index in [1.807, 2.05) is 42.0 Å². The van der Waals surface area contributed by atoms with Crippen LogP contribution >= 0.6 is 0 Å². The minimum absolute atomic E-state index is 0.0480. The molecule has 4 heterocycles. The third-order valence-electron chi connectivity index (χ3n) is 8.06. The molecule has 0 saturated carbocycles. The second-order valence-corrected chi connectivity index (χ2v) is 16.2. The summed E-state index contributed by atoms with van der Waals surface area (Å²) in [6.45, 7) is 10.7. The van der Waals surface area contributed by atoms with Crippen molar-refractivity contribution < 1.29 is 4.43 Å². The zero-order valence-corrected chi connectivity index (χ0v) is 25.2. The summed E-state index contributed by atoms with van der Waals surface area (Å²) in [5, 5.41) is 14.6. The molecule has 41 heavy (non-hydrogen) atoms. The van der Waals surface area contributed by atoms with E-state index in [0.717, 1.165) is 42.0 Å². The molecule has 8 heteroatoms. The maximum atomic E-state index is 7.52. The van der Waals surface area contributed by atoms with E-state index in [1.54, 1.807) is 0 Å². The first kappa shape index (κ1) is 27.3. The third kappa shape index (κ3) is 5.30. The zero-order valence-electron chi connectivity index (χ0n) is 24.2. The van der Waals surface area contributed by atoms with Crippen LogP contribution in [0, 0.1) is 6.92 Å². The molecule has 0 unspecified atom stereocenters. The number of rotatable bonds is 7. The molecule has 6 rings (SSSR count). The van der Waals surface area contributed by atoms with E-state index in [0.29, 0.717) is 5.95 Å². The SMILES string of the molecule is Cc1ccc(-c2ccc3cnc(N[C@@H]4CCNC[C@H]4O[Si](c4ccccc4)(c4ccccc4)C(C)(C)C)nn23)nc1. The molecular formula is C33H38N6OSi. The Kier molecular flexibility index (Phi) is 7.46. The van der Waals surface area contributed by atoms with Gasteiger partial charge in [-0.3, -0.25) is 4.98 Å². The minimum atomic E-state index is -2.72. The van der Waals surface area contributed by atoms with Crippen molar-refractivity contribution in [1.82, 2.24) is 24.9 Å². The number of piperidine rings is 1. The first-order chi connectivity index (χ1) is 19.8. The van der Waals surface area contributed by atoms with Crippen molar-refractivity contribution in [3.05, 3.63) is 103 Å². The van der Waals surface area contributed by atoms with Gasteiger partial charge in [0, 0.05) is 12.7 Å². The molecule has 0 spiro atoms. The number of hydrogen-bond acceptors (Lipinski definition) is 6. The van der Waals surface area contributed by atoms with Gasteiger partial charge in [0.15, 0.2) is 0 Å². The molecule has 2 N–H and O–H groups in total. The lowest BCUT2D eigenvalue weighted by atomic mass is 10.0. The van der Waals surface area contributed by atoms with Gasteiger partial charge in [-0.15, -0.1) is 5.10 Å². The monoisotopic (exact) mass is 562 g/mol. The van der Waals surface area contributed by atoms with Gasteiger partial charge in [-0.25, -0.2) is 9.50 Å². The van der Waals surface area contributed by atoms with Crippen molar-refractivity contribution in [1.29, 1.82) is 0 Å². The fourth-order valence-electron chi connectivity index (χ4n) is 5.98. The van der Waals surface area contributed by atoms with E-state index in [1.165, 1.54) is 10.4 Å². The van der Waals surface area contributed by atoms with Gasteiger partial charge in [0.1, 0.15) is 0 Å². The normalized spacial score (nSPS) is 18.0. The summed E-state index contributed by atoms with van der Waals surface area (Å²) in [7, 11) is -2.72. The molecule has 2 aromatic carbocycles. The molecule has 5 aromatic rings. The number of aryl methyl sites for hydroxylation is 1. The van der Waals surface area contributed by atoms with Crippen LogP contribution in [0.25, 0.3) is 16.9 Å². The summed E-state index contributed by atoms with van der Waals surface area (Å²) >= 11 is 0. The maximum absolute atomic E-state index is 7.52. The summed E-state index contributed by atoms with van der Waals surface area (Å²) in [5.41, 5.74) is 3.88. The summed E-state index contributed by atoms with van der Waals surface area (Å²) in [4.78, 5) is 9.31. The van der Waals surface area contributed by atoms with E-state index in [2.05, 4.69) is 103 Å². The Morgan fingerprint density at radius 3 is 2.22 bits per heavy atom. The quantitative estimate of drug-likeness (QED) is 0.277. The molecule has 0 radical (unpaired) electrons. The van der Waals surface area contributed by atoms with Crippen molar-refractivity contribution in [2.24, 2.45) is 0 Å². The predicted molar refractivity (Wildman–Crippen MR) is 168 cm³/mol. The predicted octanol–water partition coefficient (Wildman–Crippen LogP) is 4.82. The summed E-state index contributed by atoms with van der Waals surface area (Å²) in [6, 6.07) is 29.9. The molecule has 1 fully saturated rings. The fraction of sp³-hybridized carbons (Fsp3) is 0.303. The minimum Gasteiger partial charge on any atom is -0.401 e. The Hall–Kier alpha value is -3.85. The standard InChI is InChI=1S/C33H38N6OSi/c1-24-15-17-28(35-21-24)30-18-16-25-22-36-32(38-39(25)30)37-29-19-20-34-23-31(29)40-41(33(2,3)4,26-11-7-5-8-12-26)27-13-9-6-10-14-27/h5-18,21-22,29,31,34H,19-20,23H2,1-4H3,(H,37,38)/t29-,31-/m1/s1. The Balaban J connectivity index is 1.35. The average Bonchev–Trinajstić information content (AvgIpc) is 3.41. The van der Waals surface area contributed by atoms with E-state index >= 15 is 0 Å². The van der Waals surface area contributed by atoms with Crippen LogP contribution in [0.4, 0.5) is 5.95 Å². The lowest BCUT2D eigenvalue weighted by Crippen LogP contribution is -2.70. The van der Waals surface area contributed by atoms with Crippen LogP contribution in [0.3, 0.4) is 0 Å². The van der Waals surface area contributed by atoms with Crippen LogP contribution in [-0.4, -0.2) is 53.1 Å². The number of benzene rings is 2. The number of hydrogen-bond donors (Lipinski definition) is 2. The molecule has 7 nitrogen and oxygen atoms in total. The average molecular weight is 563 g/mol. The molecule has 1 aliphatic heterocycles. The van der Waals surface area contributed by atoms with E-state index in [4.69, 9.17) is 14.5 Å². The van der Waals surface area contributed by atoms with Crippen LogP contribution in [0.1, 0.15) is 32.8 Å². The third-order valence-corrected chi connectivity index (χ3v) is 13.1. The van der Waals surface area contributed by atoms with Gasteiger partial charge in [0.2, 0.25) is 5.95 Å². The number of nitrogens with one attached hydrogen (secondary N) is 2. The number of nitrogens with zero attached hydrogens (tertiary/aromatic N) is 4. The van der Waals surface area contributed by atoms with Gasteiger partial charge < -0.3 is 15.1 Å². The Morgan fingerprint density at radius 1 is 0.878 bits per heavy atom. The lowest BCUT2D eigenvalue weighted by Gasteiger charge is -2.47. The van der Waals surface area contributed by atoms with E-state index < -0.39 is 8.32 Å². The topological polar surface area (TPSA) is 76.4 Å². The number of pyridine rings is 1. The highest BCUT2D eigenvalue weighted by molar-refractivity contribution is 6.99. The Morgan fingerprint density at radius 2 is 1.59 bits per heavy atom. The first-order valence-electron chi connectivity index (χ1n) is 14.4.